The Balaban J connectivity index is 1.73. The Morgan fingerprint density at radius 3 is 2.75 bits per heavy atom. The highest BCUT2D eigenvalue weighted by Gasteiger charge is 2.16. The summed E-state index contributed by atoms with van der Waals surface area (Å²) in [6.07, 6.45) is 2.49. The molecule has 1 aliphatic rings. The molecule has 1 atom stereocenters. The molecule has 1 N–H and O–H groups in total. The lowest BCUT2D eigenvalue weighted by atomic mass is 10.2. The largest absolute Gasteiger partial charge is 0.482 e. The van der Waals surface area contributed by atoms with Gasteiger partial charge in [0.15, 0.2) is 6.61 Å². The van der Waals surface area contributed by atoms with Crippen molar-refractivity contribution < 1.29 is 23.8 Å². The minimum absolute atomic E-state index is 0.0743. The first-order valence-corrected chi connectivity index (χ1v) is 10.1. The number of carbonyl (C=O) groups excluding carboxylic acids is 2. The minimum atomic E-state index is -0.159. The minimum Gasteiger partial charge on any atom is -0.482 e. The van der Waals surface area contributed by atoms with Gasteiger partial charge in [-0.1, -0.05) is 11.6 Å². The number of likely N-dealkylation sites (N-methyl/N-ethyl adjacent to an activating group) is 1. The monoisotopic (exact) mass is 412 g/mol. The molecule has 2 rings (SSSR count). The summed E-state index contributed by atoms with van der Waals surface area (Å²) in [6, 6.07) is 4.93. The molecule has 1 heterocycles. The number of nitrogens with one attached hydrogen (secondary N) is 1. The van der Waals surface area contributed by atoms with Gasteiger partial charge in [-0.3, -0.25) is 9.59 Å². The Kier molecular flexibility index (Phi) is 9.54. The Hall–Kier alpha value is -1.83. The molecular weight excluding hydrogens is 384 g/mol. The van der Waals surface area contributed by atoms with Gasteiger partial charge in [-0.15, -0.1) is 0 Å². The molecule has 0 radical (unpaired) electrons. The van der Waals surface area contributed by atoms with Crippen LogP contribution in [0.4, 0.5) is 5.69 Å². The fourth-order valence-electron chi connectivity index (χ4n) is 2.88. The topological polar surface area (TPSA) is 77.1 Å². The maximum Gasteiger partial charge on any atom is 0.260 e. The molecule has 8 heteroatoms. The van der Waals surface area contributed by atoms with E-state index < -0.39 is 0 Å². The zero-order valence-electron chi connectivity index (χ0n) is 16.5. The summed E-state index contributed by atoms with van der Waals surface area (Å²) in [5, 5.41) is 3.11. The summed E-state index contributed by atoms with van der Waals surface area (Å²) in [5.74, 6) is 0.148. The van der Waals surface area contributed by atoms with Crippen LogP contribution in [0.1, 0.15) is 33.1 Å². The van der Waals surface area contributed by atoms with Crippen LogP contribution in [-0.2, 0) is 19.1 Å². The van der Waals surface area contributed by atoms with Gasteiger partial charge in [0.1, 0.15) is 5.75 Å². The first-order valence-electron chi connectivity index (χ1n) is 9.72. The average Bonchev–Trinajstić information content (AvgIpc) is 3.19. The van der Waals surface area contributed by atoms with E-state index in [0.717, 1.165) is 19.4 Å². The van der Waals surface area contributed by atoms with Gasteiger partial charge in [0.2, 0.25) is 5.91 Å². The zero-order chi connectivity index (χ0) is 20.4. The molecule has 1 aromatic rings. The Morgan fingerprint density at radius 2 is 2.11 bits per heavy atom. The van der Waals surface area contributed by atoms with E-state index in [4.69, 9.17) is 25.8 Å². The fourth-order valence-corrected chi connectivity index (χ4v) is 3.12. The van der Waals surface area contributed by atoms with Gasteiger partial charge >= 0.3 is 0 Å². The van der Waals surface area contributed by atoms with Gasteiger partial charge in [0, 0.05) is 25.4 Å². The van der Waals surface area contributed by atoms with E-state index >= 15 is 0 Å². The highest BCUT2D eigenvalue weighted by atomic mass is 35.5. The van der Waals surface area contributed by atoms with Gasteiger partial charge in [0.25, 0.3) is 5.91 Å². The van der Waals surface area contributed by atoms with Crippen molar-refractivity contribution in [2.75, 3.05) is 44.8 Å². The molecular formula is C20H29ClN2O5. The van der Waals surface area contributed by atoms with Gasteiger partial charge in [-0.25, -0.2) is 0 Å². The van der Waals surface area contributed by atoms with E-state index in [2.05, 4.69) is 5.32 Å². The van der Waals surface area contributed by atoms with Crippen molar-refractivity contribution in [2.24, 2.45) is 0 Å². The molecule has 1 aromatic carbocycles. The number of hydrogen-bond donors (Lipinski definition) is 1. The van der Waals surface area contributed by atoms with Crippen molar-refractivity contribution in [1.29, 1.82) is 0 Å². The van der Waals surface area contributed by atoms with Crippen molar-refractivity contribution in [2.45, 2.75) is 39.2 Å². The van der Waals surface area contributed by atoms with Crippen LogP contribution in [0, 0.1) is 0 Å². The standard InChI is InChI=1S/C20H29ClN2O5/c1-3-23(4-2)20(25)14-28-18-8-7-15(12-17(18)21)22-19(24)9-11-26-13-16-6-5-10-27-16/h7-8,12,16H,3-6,9-11,13-14H2,1-2H3,(H,22,24). The number of benzene rings is 1. The highest BCUT2D eigenvalue weighted by Crippen LogP contribution is 2.27. The molecule has 1 unspecified atom stereocenters. The van der Waals surface area contributed by atoms with Crippen LogP contribution in [-0.4, -0.2) is 62.3 Å². The molecule has 1 fully saturated rings. The second kappa shape index (κ2) is 11.9. The first-order chi connectivity index (χ1) is 13.5. The summed E-state index contributed by atoms with van der Waals surface area (Å²) >= 11 is 6.20. The Labute approximate surface area is 171 Å². The lowest BCUT2D eigenvalue weighted by Gasteiger charge is -2.19. The Bertz CT molecular complexity index is 645. The quantitative estimate of drug-likeness (QED) is 0.565. The summed E-state index contributed by atoms with van der Waals surface area (Å²) in [6.45, 7) is 6.68. The summed E-state index contributed by atoms with van der Waals surface area (Å²) in [7, 11) is 0. The molecule has 0 aromatic heterocycles. The van der Waals surface area contributed by atoms with E-state index in [-0.39, 0.29) is 30.9 Å². The number of nitrogens with zero attached hydrogens (tertiary/aromatic N) is 1. The van der Waals surface area contributed by atoms with Crippen LogP contribution >= 0.6 is 11.6 Å². The fraction of sp³-hybridized carbons (Fsp3) is 0.600. The predicted molar refractivity (Wildman–Crippen MR) is 108 cm³/mol. The maximum absolute atomic E-state index is 12.0. The van der Waals surface area contributed by atoms with Crippen LogP contribution < -0.4 is 10.1 Å². The molecule has 0 spiro atoms. The molecule has 1 saturated heterocycles. The number of anilines is 1. The third-order valence-electron chi connectivity index (χ3n) is 4.48. The molecule has 0 aliphatic carbocycles. The first kappa shape index (κ1) is 22.5. The number of hydrogen-bond acceptors (Lipinski definition) is 5. The van der Waals surface area contributed by atoms with E-state index in [1.165, 1.54) is 0 Å². The third kappa shape index (κ3) is 7.30. The van der Waals surface area contributed by atoms with E-state index in [9.17, 15) is 9.59 Å². The summed E-state index contributed by atoms with van der Waals surface area (Å²) < 4.78 is 16.5. The Morgan fingerprint density at radius 1 is 1.32 bits per heavy atom. The lowest BCUT2D eigenvalue weighted by Crippen LogP contribution is -2.34. The molecule has 2 amide bonds. The van der Waals surface area contributed by atoms with Crippen molar-refractivity contribution in [3.63, 3.8) is 0 Å². The molecule has 0 bridgehead atoms. The third-order valence-corrected chi connectivity index (χ3v) is 4.78. The predicted octanol–water partition coefficient (Wildman–Crippen LogP) is 3.11. The normalized spacial score (nSPS) is 16.0. The van der Waals surface area contributed by atoms with Gasteiger partial charge < -0.3 is 24.4 Å². The number of carbonyl (C=O) groups is 2. The average molecular weight is 413 g/mol. The SMILES string of the molecule is CCN(CC)C(=O)COc1ccc(NC(=O)CCOCC2CCCO2)cc1Cl. The van der Waals surface area contributed by atoms with Crippen molar-refractivity contribution in [3.05, 3.63) is 23.2 Å². The second-order valence-corrected chi connectivity index (χ2v) is 6.92. The highest BCUT2D eigenvalue weighted by molar-refractivity contribution is 6.32. The van der Waals surface area contributed by atoms with E-state index in [0.29, 0.717) is 42.8 Å². The van der Waals surface area contributed by atoms with Crippen LogP contribution in [0.2, 0.25) is 5.02 Å². The lowest BCUT2D eigenvalue weighted by molar-refractivity contribution is -0.133. The van der Waals surface area contributed by atoms with Crippen LogP contribution in [0.25, 0.3) is 0 Å². The molecule has 1 aliphatic heterocycles. The second-order valence-electron chi connectivity index (χ2n) is 6.51. The number of rotatable bonds is 11. The summed E-state index contributed by atoms with van der Waals surface area (Å²) in [5.41, 5.74) is 0.566. The van der Waals surface area contributed by atoms with Gasteiger partial charge in [-0.05, 0) is 44.9 Å². The number of amides is 2. The van der Waals surface area contributed by atoms with Gasteiger partial charge in [-0.2, -0.15) is 0 Å². The summed E-state index contributed by atoms with van der Waals surface area (Å²) in [4.78, 5) is 25.7. The van der Waals surface area contributed by atoms with Crippen LogP contribution in [0.5, 0.6) is 5.75 Å². The number of halogens is 1. The smallest absolute Gasteiger partial charge is 0.260 e. The van der Waals surface area contributed by atoms with Gasteiger partial charge in [0.05, 0.1) is 30.8 Å². The number of ether oxygens (including phenoxy) is 3. The zero-order valence-corrected chi connectivity index (χ0v) is 17.3. The molecule has 0 saturated carbocycles. The van der Waals surface area contributed by atoms with E-state index in [1.807, 2.05) is 13.8 Å². The van der Waals surface area contributed by atoms with Crippen molar-refractivity contribution >= 4 is 29.1 Å². The molecule has 7 nitrogen and oxygen atoms in total. The van der Waals surface area contributed by atoms with Crippen molar-refractivity contribution in [1.82, 2.24) is 4.90 Å². The van der Waals surface area contributed by atoms with Crippen molar-refractivity contribution in [3.8, 4) is 5.75 Å². The van der Waals surface area contributed by atoms with E-state index in [1.54, 1.807) is 23.1 Å². The molecule has 156 valence electrons. The maximum atomic E-state index is 12.0. The van der Waals surface area contributed by atoms with Crippen LogP contribution in [0.15, 0.2) is 18.2 Å². The molecule has 28 heavy (non-hydrogen) atoms. The van der Waals surface area contributed by atoms with Crippen LogP contribution in [0.3, 0.4) is 0 Å².